The molecule has 1 heterocycles. The number of ether oxygens (including phenoxy) is 2. The van der Waals surface area contributed by atoms with Gasteiger partial charge in [-0.2, -0.15) is 5.26 Å². The average Bonchev–Trinajstić information content (AvgIpc) is 3.16. The van der Waals surface area contributed by atoms with E-state index in [4.69, 9.17) is 19.6 Å². The molecule has 1 aromatic carbocycles. The topological polar surface area (TPSA) is 128 Å². The van der Waals surface area contributed by atoms with E-state index in [1.165, 1.54) is 19.4 Å². The van der Waals surface area contributed by atoms with Gasteiger partial charge in [0, 0.05) is 0 Å². The Kier molecular flexibility index (Phi) is 6.40. The molecule has 8 nitrogen and oxygen atoms in total. The van der Waals surface area contributed by atoms with E-state index in [0.717, 1.165) is 0 Å². The van der Waals surface area contributed by atoms with E-state index in [2.05, 4.69) is 5.32 Å². The number of amides is 2. The Morgan fingerprint density at radius 2 is 2.15 bits per heavy atom. The minimum Gasteiger partial charge on any atom is -0.493 e. The van der Waals surface area contributed by atoms with E-state index >= 15 is 0 Å². The van der Waals surface area contributed by atoms with Gasteiger partial charge in [-0.1, -0.05) is 6.07 Å². The van der Waals surface area contributed by atoms with Crippen LogP contribution >= 0.6 is 0 Å². The molecule has 0 saturated carbocycles. The smallest absolute Gasteiger partial charge is 0.262 e. The summed E-state index contributed by atoms with van der Waals surface area (Å²) in [5.41, 5.74) is 5.52. The van der Waals surface area contributed by atoms with Crippen LogP contribution < -0.4 is 20.5 Å². The molecule has 0 atom stereocenters. The van der Waals surface area contributed by atoms with Gasteiger partial charge < -0.3 is 24.9 Å². The first-order chi connectivity index (χ1) is 12.5. The number of benzene rings is 1. The van der Waals surface area contributed by atoms with Crippen molar-refractivity contribution in [1.29, 1.82) is 5.26 Å². The summed E-state index contributed by atoms with van der Waals surface area (Å²) < 4.78 is 15.5. The molecule has 1 aromatic heterocycles. The molecular weight excluding hydrogens is 338 g/mol. The number of nitrogens with two attached hydrogens (primary N) is 1. The first-order valence-corrected chi connectivity index (χ1v) is 7.55. The molecule has 134 valence electrons. The van der Waals surface area contributed by atoms with Crippen molar-refractivity contribution >= 4 is 17.9 Å². The van der Waals surface area contributed by atoms with Gasteiger partial charge in [0.05, 0.1) is 19.9 Å². The lowest BCUT2D eigenvalue weighted by atomic mass is 10.1. The molecule has 0 saturated heterocycles. The number of nitriles is 1. The standard InChI is InChI=1S/C18H17N3O5/c1-24-16-8-12(4-5-15(16)26-11-17(20)22)7-13(9-19)18(23)21-10-14-3-2-6-25-14/h2-8H,10-11H2,1H3,(H2,20,22)(H,21,23)/b13-7+. The number of furan rings is 1. The van der Waals surface area contributed by atoms with Crippen molar-refractivity contribution in [2.45, 2.75) is 6.54 Å². The lowest BCUT2D eigenvalue weighted by molar-refractivity contribution is -0.120. The molecule has 2 amide bonds. The van der Waals surface area contributed by atoms with Gasteiger partial charge in [-0.3, -0.25) is 9.59 Å². The van der Waals surface area contributed by atoms with Crippen LogP contribution in [0, 0.1) is 11.3 Å². The molecule has 0 aliphatic heterocycles. The highest BCUT2D eigenvalue weighted by molar-refractivity contribution is 6.01. The van der Waals surface area contributed by atoms with Gasteiger partial charge in [-0.15, -0.1) is 0 Å². The van der Waals surface area contributed by atoms with E-state index in [1.807, 2.05) is 6.07 Å². The second-order valence-electron chi connectivity index (χ2n) is 5.10. The number of methoxy groups -OCH3 is 1. The van der Waals surface area contributed by atoms with Crippen molar-refractivity contribution in [3.8, 4) is 17.6 Å². The first-order valence-electron chi connectivity index (χ1n) is 7.55. The zero-order valence-electron chi connectivity index (χ0n) is 14.0. The van der Waals surface area contributed by atoms with Gasteiger partial charge in [0.25, 0.3) is 11.8 Å². The molecule has 0 bridgehead atoms. The average molecular weight is 355 g/mol. The first kappa shape index (κ1) is 18.6. The fourth-order valence-electron chi connectivity index (χ4n) is 2.03. The Balaban J connectivity index is 2.13. The maximum Gasteiger partial charge on any atom is 0.262 e. The number of carbonyl (C=O) groups excluding carboxylic acids is 2. The summed E-state index contributed by atoms with van der Waals surface area (Å²) in [5.74, 6) is 0.0960. The number of nitrogens with one attached hydrogen (secondary N) is 1. The predicted molar refractivity (Wildman–Crippen MR) is 91.8 cm³/mol. The van der Waals surface area contributed by atoms with Gasteiger partial charge >= 0.3 is 0 Å². The quantitative estimate of drug-likeness (QED) is 0.544. The SMILES string of the molecule is COc1cc(/C=C(\C#N)C(=O)NCc2ccco2)ccc1OCC(N)=O. The highest BCUT2D eigenvalue weighted by atomic mass is 16.5. The van der Waals surface area contributed by atoms with Crippen molar-refractivity contribution in [1.82, 2.24) is 5.32 Å². The van der Waals surface area contributed by atoms with Gasteiger partial charge in [0.1, 0.15) is 17.4 Å². The van der Waals surface area contributed by atoms with Gasteiger partial charge in [0.2, 0.25) is 0 Å². The lowest BCUT2D eigenvalue weighted by Crippen LogP contribution is -2.23. The zero-order chi connectivity index (χ0) is 18.9. The molecule has 26 heavy (non-hydrogen) atoms. The minimum absolute atomic E-state index is 0.0792. The van der Waals surface area contributed by atoms with Crippen LogP contribution in [0.15, 0.2) is 46.6 Å². The maximum absolute atomic E-state index is 12.1. The third kappa shape index (κ3) is 5.14. The molecule has 8 heteroatoms. The molecule has 0 radical (unpaired) electrons. The molecule has 0 aliphatic rings. The lowest BCUT2D eigenvalue weighted by Gasteiger charge is -2.10. The molecule has 0 fully saturated rings. The third-order valence-electron chi connectivity index (χ3n) is 3.24. The van der Waals surface area contributed by atoms with Crippen molar-refractivity contribution < 1.29 is 23.5 Å². The molecule has 3 N–H and O–H groups in total. The molecule has 0 aliphatic carbocycles. The second kappa shape index (κ2) is 8.94. The van der Waals surface area contributed by atoms with Gasteiger partial charge in [-0.05, 0) is 35.9 Å². The predicted octanol–water partition coefficient (Wildman–Crippen LogP) is 1.38. The Hall–Kier alpha value is -3.73. The monoisotopic (exact) mass is 355 g/mol. The number of primary amides is 1. The summed E-state index contributed by atoms with van der Waals surface area (Å²) in [6, 6.07) is 10.0. The number of hydrogen-bond donors (Lipinski definition) is 2. The number of rotatable bonds is 8. The van der Waals surface area contributed by atoms with Crippen LogP contribution in [0.2, 0.25) is 0 Å². The third-order valence-corrected chi connectivity index (χ3v) is 3.24. The second-order valence-corrected chi connectivity index (χ2v) is 5.10. The Morgan fingerprint density at radius 1 is 1.35 bits per heavy atom. The van der Waals surface area contributed by atoms with Crippen LogP contribution in [-0.4, -0.2) is 25.5 Å². The summed E-state index contributed by atoms with van der Waals surface area (Å²) in [5, 5.41) is 11.8. The van der Waals surface area contributed by atoms with Crippen molar-refractivity contribution in [3.63, 3.8) is 0 Å². The zero-order valence-corrected chi connectivity index (χ0v) is 14.0. The summed E-state index contributed by atoms with van der Waals surface area (Å²) in [6.45, 7) is -0.113. The van der Waals surface area contributed by atoms with Crippen LogP contribution in [-0.2, 0) is 16.1 Å². The largest absolute Gasteiger partial charge is 0.493 e. The van der Waals surface area contributed by atoms with E-state index < -0.39 is 11.8 Å². The van der Waals surface area contributed by atoms with Crippen molar-refractivity contribution in [3.05, 3.63) is 53.5 Å². The van der Waals surface area contributed by atoms with Crippen molar-refractivity contribution in [2.24, 2.45) is 5.73 Å². The number of hydrogen-bond acceptors (Lipinski definition) is 6. The van der Waals surface area contributed by atoms with Gasteiger partial charge in [-0.25, -0.2) is 0 Å². The summed E-state index contributed by atoms with van der Waals surface area (Å²) >= 11 is 0. The van der Waals surface area contributed by atoms with E-state index in [0.29, 0.717) is 22.8 Å². The van der Waals surface area contributed by atoms with Crippen LogP contribution in [0.3, 0.4) is 0 Å². The number of carbonyl (C=O) groups is 2. The van der Waals surface area contributed by atoms with Crippen LogP contribution in [0.25, 0.3) is 6.08 Å². The normalized spacial score (nSPS) is 10.7. The Morgan fingerprint density at radius 3 is 2.77 bits per heavy atom. The fourth-order valence-corrected chi connectivity index (χ4v) is 2.03. The summed E-state index contributed by atoms with van der Waals surface area (Å²) in [7, 11) is 1.43. The minimum atomic E-state index is -0.615. The van der Waals surface area contributed by atoms with Crippen LogP contribution in [0.4, 0.5) is 0 Å². The Bertz CT molecular complexity index is 850. The van der Waals surface area contributed by atoms with E-state index in [9.17, 15) is 14.9 Å². The summed E-state index contributed by atoms with van der Waals surface area (Å²) in [6.07, 6.45) is 2.91. The molecule has 2 aromatic rings. The highest BCUT2D eigenvalue weighted by Gasteiger charge is 2.11. The molecular formula is C18H17N3O5. The molecule has 0 spiro atoms. The fraction of sp³-hybridized carbons (Fsp3) is 0.167. The molecule has 2 rings (SSSR count). The summed E-state index contributed by atoms with van der Waals surface area (Å²) in [4.78, 5) is 22.9. The number of nitrogens with zero attached hydrogens (tertiary/aromatic N) is 1. The highest BCUT2D eigenvalue weighted by Crippen LogP contribution is 2.28. The van der Waals surface area contributed by atoms with Crippen LogP contribution in [0.1, 0.15) is 11.3 Å². The maximum atomic E-state index is 12.1. The van der Waals surface area contributed by atoms with Crippen LogP contribution in [0.5, 0.6) is 11.5 Å². The molecule has 0 unspecified atom stereocenters. The van der Waals surface area contributed by atoms with E-state index in [1.54, 1.807) is 30.3 Å². The Labute approximate surface area is 149 Å². The van der Waals surface area contributed by atoms with Gasteiger partial charge in [0.15, 0.2) is 18.1 Å². The van der Waals surface area contributed by atoms with Crippen molar-refractivity contribution in [2.75, 3.05) is 13.7 Å². The van der Waals surface area contributed by atoms with E-state index in [-0.39, 0.29) is 18.7 Å².